The van der Waals surface area contributed by atoms with Gasteiger partial charge in [0, 0.05) is 60.4 Å². The molecule has 70 heavy (non-hydrogen) atoms. The van der Waals surface area contributed by atoms with Gasteiger partial charge in [0.25, 0.3) is 0 Å². The van der Waals surface area contributed by atoms with E-state index in [-0.39, 0.29) is 60.8 Å². The Morgan fingerprint density at radius 1 is 0.314 bits per heavy atom. The summed E-state index contributed by atoms with van der Waals surface area (Å²) in [6, 6.07) is 39.2. The molecule has 0 saturated heterocycles. The summed E-state index contributed by atoms with van der Waals surface area (Å²) in [4.78, 5) is 5.47. The van der Waals surface area contributed by atoms with Crippen LogP contribution in [0.15, 0.2) is 248 Å². The fourth-order valence-electron chi connectivity index (χ4n) is 10.6. The van der Waals surface area contributed by atoms with E-state index in [4.69, 9.17) is 16.0 Å². The minimum atomic E-state index is -0.670. The van der Waals surface area contributed by atoms with Crippen LogP contribution in [0.2, 0.25) is 0 Å². The third kappa shape index (κ3) is 5.57. The maximum Gasteiger partial charge on any atom is 0.140 e. The Morgan fingerprint density at radius 3 is 1.21 bits per heavy atom. The Labute approximate surface area is 425 Å². The van der Waals surface area contributed by atoms with Gasteiger partial charge < -0.3 is 13.7 Å². The lowest BCUT2D eigenvalue weighted by atomic mass is 9.94. The smallest absolute Gasteiger partial charge is 0.140 e. The molecule has 15 aromatic rings. The van der Waals surface area contributed by atoms with Crippen molar-refractivity contribution >= 4 is 87.2 Å². The van der Waals surface area contributed by atoms with Gasteiger partial charge in [0.05, 0.1) is 83.1 Å². The van der Waals surface area contributed by atoms with Crippen molar-refractivity contribution in [3.8, 4) is 45.3 Å². The monoisotopic (exact) mass is 907 g/mol. The number of benzene rings is 10. The summed E-state index contributed by atoms with van der Waals surface area (Å²) in [7, 11) is 0. The zero-order valence-electron chi connectivity index (χ0n) is 52.7. The maximum atomic E-state index is 9.58. The van der Waals surface area contributed by atoms with Gasteiger partial charge in [0.1, 0.15) is 5.82 Å². The molecular weight excluding hydrogens is 851 g/mol. The largest absolute Gasteiger partial charge is 0.309 e. The number of fused-ring (bicyclic) bond motifs is 12. The van der Waals surface area contributed by atoms with Crippen LogP contribution < -0.4 is 0 Å². The van der Waals surface area contributed by atoms with Gasteiger partial charge in [-0.3, -0.25) is 4.57 Å². The molecule has 5 nitrogen and oxygen atoms in total. The number of pyridine rings is 1. The van der Waals surface area contributed by atoms with Gasteiger partial charge in [-0.25, -0.2) is 4.98 Å². The van der Waals surface area contributed by atoms with Crippen LogP contribution in [0.3, 0.4) is 0 Å². The first-order valence-corrected chi connectivity index (χ1v) is 22.7. The van der Waals surface area contributed by atoms with Crippen LogP contribution in [0.25, 0.3) is 132 Å². The first-order valence-electron chi connectivity index (χ1n) is 30.7. The molecule has 0 aliphatic carbocycles. The highest BCUT2D eigenvalue weighted by Crippen LogP contribution is 2.44. The van der Waals surface area contributed by atoms with Gasteiger partial charge in [-0.2, -0.15) is 0 Å². The molecule has 0 radical (unpaired) electrons. The summed E-state index contributed by atoms with van der Waals surface area (Å²) in [5.74, 6) is -0.186. The molecule has 0 fully saturated rings. The molecule has 10 aromatic carbocycles. The van der Waals surface area contributed by atoms with Crippen molar-refractivity contribution in [3.05, 3.63) is 248 Å². The van der Waals surface area contributed by atoms with E-state index in [1.807, 2.05) is 115 Å². The Hall–Kier alpha value is -9.45. The van der Waals surface area contributed by atoms with E-state index < -0.39 is 96.7 Å². The molecule has 5 heterocycles. The minimum absolute atomic E-state index is 0.00132. The summed E-state index contributed by atoms with van der Waals surface area (Å²) in [6.45, 7) is 0. The fourth-order valence-corrected chi connectivity index (χ4v) is 10.6. The van der Waals surface area contributed by atoms with Gasteiger partial charge in [0.15, 0.2) is 0 Å². The molecule has 0 aliphatic rings. The predicted octanol–water partition coefficient (Wildman–Crippen LogP) is 16.8. The molecule has 15 rings (SSSR count). The Balaban J connectivity index is 1.14. The van der Waals surface area contributed by atoms with E-state index in [0.717, 1.165) is 49.3 Å². The summed E-state index contributed by atoms with van der Waals surface area (Å²) in [5.41, 5.74) is 6.06. The van der Waals surface area contributed by atoms with Crippen LogP contribution in [0.1, 0.15) is 21.9 Å². The molecule has 0 unspecified atom stereocenters. The normalized spacial score (nSPS) is 15.2. The van der Waals surface area contributed by atoms with Crippen LogP contribution in [-0.2, 0) is 0 Å². The first kappa shape index (κ1) is 26.2. The summed E-state index contributed by atoms with van der Waals surface area (Å²) < 4.78 is 154. The highest BCUT2D eigenvalue weighted by molar-refractivity contribution is 6.13. The van der Waals surface area contributed by atoms with Gasteiger partial charge in [-0.1, -0.05) is 170 Å². The average Bonchev–Trinajstić information content (AvgIpc) is 1.61. The van der Waals surface area contributed by atoms with Gasteiger partial charge in [0.2, 0.25) is 0 Å². The van der Waals surface area contributed by atoms with Crippen molar-refractivity contribution in [2.75, 3.05) is 0 Å². The molecular formula is C65H41N5. The second-order valence-corrected chi connectivity index (χ2v) is 17.1. The average molecular weight is 908 g/mol. The highest BCUT2D eigenvalue weighted by Gasteiger charge is 2.24. The lowest BCUT2D eigenvalue weighted by Crippen LogP contribution is -2.06. The van der Waals surface area contributed by atoms with Crippen LogP contribution in [0.4, 0.5) is 0 Å². The van der Waals surface area contributed by atoms with Crippen LogP contribution >= 0.6 is 0 Å². The number of hydrogen-bond donors (Lipinski definition) is 0. The Morgan fingerprint density at radius 2 is 0.729 bits per heavy atom. The van der Waals surface area contributed by atoms with Crippen molar-refractivity contribution in [1.29, 1.82) is 0 Å². The molecule has 5 aromatic heterocycles. The van der Waals surface area contributed by atoms with E-state index in [1.165, 1.54) is 15.2 Å². The Kier molecular flexibility index (Phi) is 5.62. The number of nitrogens with zero attached hydrogens (tertiary/aromatic N) is 5. The predicted molar refractivity (Wildman–Crippen MR) is 292 cm³/mol. The first-order chi connectivity index (χ1) is 41.4. The quantitative estimate of drug-likeness (QED) is 0.164. The van der Waals surface area contributed by atoms with Crippen molar-refractivity contribution < 1.29 is 21.9 Å². The second kappa shape index (κ2) is 15.0. The molecule has 0 amide bonds. The van der Waals surface area contributed by atoms with Crippen molar-refractivity contribution in [3.63, 3.8) is 0 Å². The molecule has 5 heteroatoms. The van der Waals surface area contributed by atoms with E-state index in [0.29, 0.717) is 22.4 Å². The summed E-state index contributed by atoms with van der Waals surface area (Å²) in [6.07, 6.45) is 0. The topological polar surface area (TPSA) is 32.6 Å². The number of rotatable bonds is 6. The van der Waals surface area contributed by atoms with E-state index in [1.54, 1.807) is 6.07 Å². The van der Waals surface area contributed by atoms with Crippen molar-refractivity contribution in [2.24, 2.45) is 0 Å². The van der Waals surface area contributed by atoms with Crippen LogP contribution in [0, 0.1) is 0 Å². The number of para-hydroxylation sites is 8. The molecule has 0 bridgehead atoms. The van der Waals surface area contributed by atoms with Gasteiger partial charge in [-0.05, 0) is 83.8 Å². The zero-order chi connectivity index (χ0) is 59.8. The standard InChI is InChI=1S/C65H41N5/c1-9-27-55-46(18-1)47-19-2-10-28-56(47)67(55)43-38-36-42(37-39-43)45-26-17-35-63(69-59-31-13-5-22-50(59)51-23-6-14-32-60(51)69)65(45)54-40-44(68-57-29-11-3-20-48(57)49-21-4-12-30-58(49)68)41-64(66-54)70-61-33-15-7-24-52(61)53-25-8-16-34-62(53)70/h1-41H/i3D,4D,7D,8D,11D,12D,15D,16D,20D,21D,24D,25D,29D,30D,33D,34D. The van der Waals surface area contributed by atoms with Gasteiger partial charge in [-0.15, -0.1) is 0 Å². The maximum absolute atomic E-state index is 9.58. The molecule has 0 spiro atoms. The number of aromatic nitrogens is 5. The SMILES string of the molecule is [2H]c1c([2H])c([2H])c2c(c1[2H])c1c([2H])c([2H])c([2H])c([2H])c1n2-c1cc(-c2c(-c3ccc(-n4c5ccccc5c5ccccc54)cc3)cccc2-n2c3ccccc3c3ccccc32)nc(-n2c3c([2H])c([2H])c([2H])c([2H])c3c3c([2H])c([2H])c([2H])c([2H])c32)c1. The third-order valence-electron chi connectivity index (χ3n) is 13.5. The second-order valence-electron chi connectivity index (χ2n) is 17.1. The van der Waals surface area contributed by atoms with Gasteiger partial charge >= 0.3 is 0 Å². The van der Waals surface area contributed by atoms with Crippen molar-refractivity contribution in [2.45, 2.75) is 0 Å². The van der Waals surface area contributed by atoms with E-state index in [9.17, 15) is 11.0 Å². The lowest BCUT2D eigenvalue weighted by molar-refractivity contribution is 1.06. The van der Waals surface area contributed by atoms with Crippen molar-refractivity contribution in [1.82, 2.24) is 23.3 Å². The molecule has 0 aliphatic heterocycles. The fraction of sp³-hybridized carbons (Fsp3) is 0. The number of hydrogen-bond acceptors (Lipinski definition) is 1. The molecule has 326 valence electrons. The molecule has 0 N–H and O–H groups in total. The zero-order valence-corrected chi connectivity index (χ0v) is 36.7. The van der Waals surface area contributed by atoms with E-state index >= 15 is 0 Å². The summed E-state index contributed by atoms with van der Waals surface area (Å²) >= 11 is 0. The third-order valence-corrected chi connectivity index (χ3v) is 13.5. The molecule has 0 saturated carbocycles. The van der Waals surface area contributed by atoms with Crippen LogP contribution in [-0.4, -0.2) is 23.3 Å². The lowest BCUT2D eigenvalue weighted by Gasteiger charge is -2.20. The highest BCUT2D eigenvalue weighted by atomic mass is 15.1. The summed E-state index contributed by atoms with van der Waals surface area (Å²) in [5, 5.41) is 3.18. The van der Waals surface area contributed by atoms with E-state index in [2.05, 4.69) is 33.4 Å². The minimum Gasteiger partial charge on any atom is -0.309 e. The molecule has 0 atom stereocenters. The Bertz CT molecular complexity index is 5120. The van der Waals surface area contributed by atoms with Crippen LogP contribution in [0.5, 0.6) is 0 Å².